The van der Waals surface area contributed by atoms with Crippen LogP contribution in [0.15, 0.2) is 10.2 Å². The first-order valence-electron chi connectivity index (χ1n) is 35.4. The summed E-state index contributed by atoms with van der Waals surface area (Å²) in [5.74, 6) is -4.60. The Balaban J connectivity index is -0.000000130. The smallest absolute Gasteiger partial charge is 0.480 e. The molecule has 2 aliphatic rings. The molecule has 0 spiro atoms. The second-order valence-corrected chi connectivity index (χ2v) is 27.2. The Hall–Kier alpha value is -8.62. The number of carbonyl (C=O) groups is 16. The van der Waals surface area contributed by atoms with E-state index in [1.54, 1.807) is 62.3 Å². The van der Waals surface area contributed by atoms with Gasteiger partial charge in [0.2, 0.25) is 17.7 Å². The van der Waals surface area contributed by atoms with Crippen LogP contribution in [0.5, 0.6) is 0 Å². The van der Waals surface area contributed by atoms with Crippen LogP contribution in [0.25, 0.3) is 36.9 Å². The number of carboxylic acids is 1. The zero-order chi connectivity index (χ0) is 89.6. The van der Waals surface area contributed by atoms with Crippen molar-refractivity contribution < 1.29 is 159 Å². The fraction of sp³-hybridized carbons (Fsp3) is 0.765. The molecule has 52 heteroatoms. The van der Waals surface area contributed by atoms with Crippen molar-refractivity contribution in [2.45, 2.75) is 249 Å². The Morgan fingerprint density at radius 2 is 0.775 bits per heavy atom. The molecule has 2 aliphatic heterocycles. The van der Waals surface area contributed by atoms with Gasteiger partial charge in [-0.15, -0.1) is 47.2 Å². The number of nitrogens with two attached hydrogens (primary N) is 2. The predicted octanol–water partition coefficient (Wildman–Crippen LogP) is 7.34. The van der Waals surface area contributed by atoms with Gasteiger partial charge < -0.3 is 97.4 Å². The molecule has 12 N–H and O–H groups in total. The molecule has 0 bridgehead atoms. The third-order valence-corrected chi connectivity index (χ3v) is 12.7. The normalized spacial score (nSPS) is 12.1. The number of carbonyl (C=O) groups excluding carboxylic acids is 15. The molecular weight excluding hydrogens is 1720 g/mol. The number of azide groups is 2. The Kier molecular flexibility index (Phi) is 94.3. The number of hydrogen-bond donors (Lipinski definition) is 10. The standard InChI is InChI=1S/C15H27ClN2O5.C15H27N5O5.C12H24N2O3.C9H17N5O4.C7H8ClNO5.C4H5NO3.C3H4Cl2O2.3CH4.ClH.N3.Na/c1-11(19)18-12(13(20)23-15(2,3)4)7-5-6-9-17-14(21)22-10-8-16;1-11(21)19-12(13(22)25-15(2,3)4)7-5-6-8-17-14(23)24-10-9-18-20-16;1-9(15)14-10(7-5-6-8-13)11(16)17-12(2,3)4;10-7(8(15)16)3-1-2-4-12-9(17)18-6-5-13-14-11;8-3-4-13-7(12)14-9-5(10)1-2-6(9)11;6-3-1-2-4(7)5(3)8;4-1-2-7-3(5)6;;;;;1-3-2;/h12H,5-10H2,1-4H3,(H,17,21)(H,18,19);12H,5-10H2,1-4H3,(H,17,23)(H,19,21);10H,5-8,13H2,1-4H3,(H,14,15);7H,1-6,10H2,(H,12,17)(H,15,16);1-4H2;8H,1-2H2;1-2H2;3*1H4;1H;;/q;;;;;;;;;;;-1;+1/t2*12-;10-;7-;;;;;;;;;/m0000........./s1. The van der Waals surface area contributed by atoms with Gasteiger partial charge in [-0.2, -0.15) is 5.06 Å². The molecule has 0 saturated carbocycles. The number of nitrogens with zero attached hydrogens (tertiary/aromatic N) is 11. The SMILES string of the molecule is C.C.C.CC(=O)N[C@@H](CCCCN)C(=O)OC(C)(C)C.CC(=O)N[C@@H](CCCCNC(=O)OCCCl)C(=O)OC(C)(C)C.CC(=O)N[C@@H](CCCCNC(=O)OCCN=[N+]=[N-])C(=O)OC(C)(C)C.Cl.O=C(Cl)OCCCl.O=C(OCCCl)ON1C(=O)CCC1=O.O=C1CCC(=O)N1O.[N-]=[N+]=NCCOC(=O)NCCCC[C@H](N)C(=O)O.[N-]=[N+]=[N-].[Na+]. The summed E-state index contributed by atoms with van der Waals surface area (Å²) < 4.78 is 38.6. The van der Waals surface area contributed by atoms with Crippen LogP contribution in [0.4, 0.5) is 24.0 Å². The van der Waals surface area contributed by atoms with Crippen molar-refractivity contribution in [3.05, 3.63) is 36.9 Å². The van der Waals surface area contributed by atoms with E-state index in [-0.39, 0.29) is 177 Å². The maximum atomic E-state index is 12.1. The Bertz CT molecular complexity index is 3080. The first kappa shape index (κ1) is 135. The third kappa shape index (κ3) is 93.2. The minimum Gasteiger partial charge on any atom is -0.480 e. The van der Waals surface area contributed by atoms with Crippen molar-refractivity contribution in [3.8, 4) is 0 Å². The molecule has 0 aliphatic carbocycles. The van der Waals surface area contributed by atoms with Gasteiger partial charge in [-0.1, -0.05) is 37.6 Å². The summed E-state index contributed by atoms with van der Waals surface area (Å²) >= 11 is 20.5. The van der Waals surface area contributed by atoms with Gasteiger partial charge in [-0.05, 0) is 157 Å². The molecule has 2 rings (SSSR count). The fourth-order valence-corrected chi connectivity index (χ4v) is 7.83. The van der Waals surface area contributed by atoms with Crippen LogP contribution in [0, 0.1) is 0 Å². The molecule has 120 heavy (non-hydrogen) atoms. The van der Waals surface area contributed by atoms with Gasteiger partial charge in [-0.25, -0.2) is 38.4 Å². The van der Waals surface area contributed by atoms with Crippen molar-refractivity contribution in [2.24, 2.45) is 21.7 Å². The number of esters is 3. The number of alkyl halides is 3. The average molecular weight is 1840 g/mol. The van der Waals surface area contributed by atoms with Gasteiger partial charge in [0.15, 0.2) is 0 Å². The number of rotatable bonds is 39. The first-order valence-corrected chi connectivity index (χ1v) is 37.3. The van der Waals surface area contributed by atoms with Crippen molar-refractivity contribution in [2.75, 3.05) is 89.9 Å². The number of hydroxylamine groups is 4. The van der Waals surface area contributed by atoms with Crippen LogP contribution in [0.2, 0.25) is 0 Å². The molecule has 2 fully saturated rings. The van der Waals surface area contributed by atoms with E-state index in [2.05, 4.69) is 71.0 Å². The monoisotopic (exact) mass is 1840 g/mol. The minimum atomic E-state index is -1.10. The Labute approximate surface area is 748 Å². The number of halogens is 5. The van der Waals surface area contributed by atoms with E-state index in [4.69, 9.17) is 114 Å². The third-order valence-electron chi connectivity index (χ3n) is 12.1. The molecule has 0 unspecified atom stereocenters. The molecule has 0 aromatic rings. The van der Waals surface area contributed by atoms with Crippen molar-refractivity contribution in [1.82, 2.24) is 42.0 Å². The van der Waals surface area contributed by atoms with Crippen LogP contribution >= 0.6 is 58.8 Å². The number of carboxylic acid groups (broad SMARTS) is 1. The molecule has 46 nitrogen and oxygen atoms in total. The quantitative estimate of drug-likeness (QED) is 0.00246. The number of amides is 10. The topological polar surface area (TPSA) is 684 Å². The van der Waals surface area contributed by atoms with E-state index in [1.165, 1.54) is 25.7 Å². The van der Waals surface area contributed by atoms with E-state index in [9.17, 15) is 76.7 Å². The summed E-state index contributed by atoms with van der Waals surface area (Å²) in [6, 6.07) is -2.83. The Morgan fingerprint density at radius 1 is 0.492 bits per heavy atom. The van der Waals surface area contributed by atoms with Crippen molar-refractivity contribution in [3.63, 3.8) is 0 Å². The number of alkyl carbamates (subject to hydrolysis) is 3. The van der Waals surface area contributed by atoms with Crippen molar-refractivity contribution in [1.29, 1.82) is 0 Å². The molecule has 0 radical (unpaired) electrons. The molecule has 2 heterocycles. The van der Waals surface area contributed by atoms with Crippen LogP contribution in [0.1, 0.15) is 208 Å². The predicted molar refractivity (Wildman–Crippen MR) is 440 cm³/mol. The first-order chi connectivity index (χ1) is 53.7. The summed E-state index contributed by atoms with van der Waals surface area (Å²) in [5.41, 5.74) is 37.6. The summed E-state index contributed by atoms with van der Waals surface area (Å²) in [6.07, 6.45) is 4.70. The number of hydrogen-bond acceptors (Lipinski definition) is 30. The maximum Gasteiger partial charge on any atom is 1.00 e. The zero-order valence-electron chi connectivity index (χ0n) is 68.1. The second kappa shape index (κ2) is 84.0. The average Bonchev–Trinajstić information content (AvgIpc) is 1.65. The van der Waals surface area contributed by atoms with E-state index >= 15 is 0 Å². The van der Waals surface area contributed by atoms with E-state index < -0.39 is 112 Å². The largest absolute Gasteiger partial charge is 1.00 e. The van der Waals surface area contributed by atoms with Crippen LogP contribution < -0.4 is 72.9 Å². The molecule has 0 aromatic carbocycles. The number of aliphatic carboxylic acids is 1. The van der Waals surface area contributed by atoms with Gasteiger partial charge in [0.25, 0.3) is 23.6 Å². The van der Waals surface area contributed by atoms with Gasteiger partial charge in [0.05, 0.1) is 43.9 Å². The summed E-state index contributed by atoms with van der Waals surface area (Å²) in [5, 5.41) is 39.3. The number of imide groups is 2. The second-order valence-electron chi connectivity index (χ2n) is 25.8. The number of nitrogens with one attached hydrogen (secondary N) is 6. The summed E-state index contributed by atoms with van der Waals surface area (Å²) in [7, 11) is 0. The maximum absolute atomic E-state index is 12.1. The molecular formula is C68H125Cl5N19NaO27. The van der Waals surface area contributed by atoms with Gasteiger partial charge in [0, 0.05) is 87.5 Å². The van der Waals surface area contributed by atoms with Crippen molar-refractivity contribution >= 4 is 154 Å². The van der Waals surface area contributed by atoms with Gasteiger partial charge >= 0.3 is 83.3 Å². The molecule has 4 atom stereocenters. The van der Waals surface area contributed by atoms with Gasteiger partial charge in [0.1, 0.15) is 60.8 Å². The van der Waals surface area contributed by atoms with Crippen LogP contribution in [-0.2, 0) is 95.5 Å². The minimum absolute atomic E-state index is 0. The zero-order valence-corrected chi connectivity index (χ0v) is 74.0. The molecule has 690 valence electrons. The van der Waals surface area contributed by atoms with Gasteiger partial charge in [-0.3, -0.25) is 53.3 Å². The fourth-order valence-electron chi connectivity index (χ4n) is 7.52. The van der Waals surface area contributed by atoms with E-state index in [0.717, 1.165) is 12.8 Å². The van der Waals surface area contributed by atoms with Crippen LogP contribution in [-0.4, -0.2) is 246 Å². The molecule has 10 amide bonds. The molecule has 0 aromatic heterocycles. The number of ether oxygens (including phenoxy) is 8. The molecule has 2 saturated heterocycles. The summed E-state index contributed by atoms with van der Waals surface area (Å²) in [4.78, 5) is 187. The Morgan fingerprint density at radius 3 is 1.02 bits per heavy atom. The van der Waals surface area contributed by atoms with Crippen LogP contribution in [0.3, 0.4) is 0 Å². The van der Waals surface area contributed by atoms with E-state index in [1.807, 2.05) is 0 Å². The number of unbranched alkanes of at least 4 members (excludes halogenated alkanes) is 4. The summed E-state index contributed by atoms with van der Waals surface area (Å²) in [6.45, 7) is 22.3. The van der Waals surface area contributed by atoms with E-state index in [0.29, 0.717) is 101 Å².